The van der Waals surface area contributed by atoms with Crippen LogP contribution in [0.15, 0.2) is 0 Å². The smallest absolute Gasteiger partial charge is 0.0666 e. The molecule has 0 heterocycles. The topological polar surface area (TPSA) is 35.8 Å². The molecule has 0 radical (unpaired) electrons. The molecule has 1 aliphatic carbocycles. The second kappa shape index (κ2) is 5.36. The van der Waals surface area contributed by atoms with Crippen LogP contribution in [0, 0.1) is 29.1 Å². The standard InChI is InChI=1S/C12H22N2/c1-9-4-5-11(3)12(6-9)14-8-10(2)7-13/h9-12,14H,4-6,8H2,1-3H3. The van der Waals surface area contributed by atoms with Gasteiger partial charge in [-0.1, -0.05) is 20.3 Å². The third-order valence-corrected chi connectivity index (χ3v) is 3.36. The fraction of sp³-hybridized carbons (Fsp3) is 0.917. The van der Waals surface area contributed by atoms with Gasteiger partial charge in [0.15, 0.2) is 0 Å². The van der Waals surface area contributed by atoms with Crippen molar-refractivity contribution in [3.8, 4) is 6.07 Å². The molecule has 1 saturated carbocycles. The van der Waals surface area contributed by atoms with Crippen LogP contribution in [0.2, 0.25) is 0 Å². The molecule has 1 N–H and O–H groups in total. The van der Waals surface area contributed by atoms with E-state index in [1.807, 2.05) is 6.92 Å². The largest absolute Gasteiger partial charge is 0.312 e. The summed E-state index contributed by atoms with van der Waals surface area (Å²) in [6.45, 7) is 7.47. The SMILES string of the molecule is CC(C#N)CNC1CC(C)CCC1C. The van der Waals surface area contributed by atoms with Gasteiger partial charge in [-0.3, -0.25) is 0 Å². The molecule has 1 rings (SSSR count). The van der Waals surface area contributed by atoms with Crippen LogP contribution >= 0.6 is 0 Å². The Hall–Kier alpha value is -0.550. The molecule has 0 aromatic heterocycles. The Bertz CT molecular complexity index is 207. The zero-order valence-electron chi connectivity index (χ0n) is 9.59. The molecule has 4 unspecified atom stereocenters. The Morgan fingerprint density at radius 1 is 1.43 bits per heavy atom. The number of nitriles is 1. The van der Waals surface area contributed by atoms with Crippen molar-refractivity contribution in [2.24, 2.45) is 17.8 Å². The van der Waals surface area contributed by atoms with Gasteiger partial charge in [-0.15, -0.1) is 0 Å². The minimum Gasteiger partial charge on any atom is -0.312 e. The van der Waals surface area contributed by atoms with Crippen molar-refractivity contribution in [2.75, 3.05) is 6.54 Å². The second-order valence-corrected chi connectivity index (χ2v) is 4.94. The van der Waals surface area contributed by atoms with Gasteiger partial charge in [0, 0.05) is 12.6 Å². The summed E-state index contributed by atoms with van der Waals surface area (Å²) in [7, 11) is 0. The fourth-order valence-electron chi connectivity index (χ4n) is 2.19. The van der Waals surface area contributed by atoms with E-state index in [1.165, 1.54) is 19.3 Å². The summed E-state index contributed by atoms with van der Waals surface area (Å²) in [6, 6.07) is 2.90. The Labute approximate surface area is 87.7 Å². The van der Waals surface area contributed by atoms with Crippen LogP contribution in [0.4, 0.5) is 0 Å². The zero-order valence-corrected chi connectivity index (χ0v) is 9.59. The van der Waals surface area contributed by atoms with E-state index in [0.29, 0.717) is 6.04 Å². The number of hydrogen-bond donors (Lipinski definition) is 1. The average Bonchev–Trinajstić information content (AvgIpc) is 2.19. The molecule has 0 aliphatic heterocycles. The van der Waals surface area contributed by atoms with Gasteiger partial charge in [-0.05, 0) is 31.6 Å². The van der Waals surface area contributed by atoms with Crippen LogP contribution in [0.5, 0.6) is 0 Å². The van der Waals surface area contributed by atoms with Crippen molar-refractivity contribution in [1.29, 1.82) is 5.26 Å². The summed E-state index contributed by atoms with van der Waals surface area (Å²) in [4.78, 5) is 0. The van der Waals surface area contributed by atoms with E-state index in [2.05, 4.69) is 25.2 Å². The number of nitrogens with zero attached hydrogens (tertiary/aromatic N) is 1. The maximum Gasteiger partial charge on any atom is 0.0666 e. The fourth-order valence-corrected chi connectivity index (χ4v) is 2.19. The summed E-state index contributed by atoms with van der Waals surface area (Å²) >= 11 is 0. The lowest BCUT2D eigenvalue weighted by Gasteiger charge is -2.33. The normalized spacial score (nSPS) is 34.9. The van der Waals surface area contributed by atoms with Gasteiger partial charge in [0.25, 0.3) is 0 Å². The maximum atomic E-state index is 8.69. The van der Waals surface area contributed by atoms with E-state index in [0.717, 1.165) is 18.4 Å². The number of rotatable bonds is 3. The van der Waals surface area contributed by atoms with Crippen LogP contribution in [0.25, 0.3) is 0 Å². The first-order valence-electron chi connectivity index (χ1n) is 5.76. The molecule has 1 fully saturated rings. The first kappa shape index (κ1) is 11.5. The van der Waals surface area contributed by atoms with E-state index in [1.54, 1.807) is 0 Å². The van der Waals surface area contributed by atoms with Crippen molar-refractivity contribution in [3.63, 3.8) is 0 Å². The molecule has 0 saturated heterocycles. The van der Waals surface area contributed by atoms with Crippen LogP contribution < -0.4 is 5.32 Å². The van der Waals surface area contributed by atoms with E-state index < -0.39 is 0 Å². The highest BCUT2D eigenvalue weighted by molar-refractivity contribution is 4.85. The summed E-state index contributed by atoms with van der Waals surface area (Å²) in [6.07, 6.45) is 3.98. The summed E-state index contributed by atoms with van der Waals surface area (Å²) in [5, 5.41) is 12.2. The van der Waals surface area contributed by atoms with Gasteiger partial charge in [0.1, 0.15) is 0 Å². The molecule has 14 heavy (non-hydrogen) atoms. The van der Waals surface area contributed by atoms with Crippen molar-refractivity contribution in [2.45, 2.75) is 46.1 Å². The molecule has 0 amide bonds. The third-order valence-electron chi connectivity index (χ3n) is 3.36. The molecular formula is C12H22N2. The van der Waals surface area contributed by atoms with Gasteiger partial charge in [-0.2, -0.15) is 5.26 Å². The highest BCUT2D eigenvalue weighted by atomic mass is 14.9. The molecule has 2 heteroatoms. The lowest BCUT2D eigenvalue weighted by atomic mass is 9.80. The van der Waals surface area contributed by atoms with Gasteiger partial charge < -0.3 is 5.32 Å². The van der Waals surface area contributed by atoms with Crippen LogP contribution in [-0.4, -0.2) is 12.6 Å². The van der Waals surface area contributed by atoms with Crippen molar-refractivity contribution < 1.29 is 0 Å². The lowest BCUT2D eigenvalue weighted by Crippen LogP contribution is -2.41. The first-order chi connectivity index (χ1) is 6.63. The third kappa shape index (κ3) is 3.31. The molecule has 0 spiro atoms. The van der Waals surface area contributed by atoms with Crippen LogP contribution in [-0.2, 0) is 0 Å². The molecule has 4 atom stereocenters. The minimum atomic E-state index is 0.138. The molecule has 0 aromatic rings. The average molecular weight is 194 g/mol. The minimum absolute atomic E-state index is 0.138. The lowest BCUT2D eigenvalue weighted by molar-refractivity contribution is 0.226. The highest BCUT2D eigenvalue weighted by Gasteiger charge is 2.24. The highest BCUT2D eigenvalue weighted by Crippen LogP contribution is 2.28. The Morgan fingerprint density at radius 2 is 2.14 bits per heavy atom. The quantitative estimate of drug-likeness (QED) is 0.749. The van der Waals surface area contributed by atoms with E-state index in [-0.39, 0.29) is 5.92 Å². The maximum absolute atomic E-state index is 8.69. The summed E-state index contributed by atoms with van der Waals surface area (Å²) in [5.74, 6) is 1.76. The van der Waals surface area contributed by atoms with Crippen LogP contribution in [0.1, 0.15) is 40.0 Å². The first-order valence-corrected chi connectivity index (χ1v) is 5.76. The monoisotopic (exact) mass is 194 g/mol. The van der Waals surface area contributed by atoms with Crippen molar-refractivity contribution >= 4 is 0 Å². The van der Waals surface area contributed by atoms with E-state index >= 15 is 0 Å². The Morgan fingerprint density at radius 3 is 2.79 bits per heavy atom. The predicted octanol–water partition coefficient (Wildman–Crippen LogP) is 2.56. The zero-order chi connectivity index (χ0) is 10.6. The number of hydrogen-bond acceptors (Lipinski definition) is 2. The van der Waals surface area contributed by atoms with Gasteiger partial charge >= 0.3 is 0 Å². The van der Waals surface area contributed by atoms with Gasteiger partial charge in [0.05, 0.1) is 12.0 Å². The molecule has 1 aliphatic rings. The summed E-state index contributed by atoms with van der Waals surface area (Å²) in [5.41, 5.74) is 0. The molecule has 2 nitrogen and oxygen atoms in total. The van der Waals surface area contributed by atoms with Crippen LogP contribution in [0.3, 0.4) is 0 Å². The van der Waals surface area contributed by atoms with Crippen molar-refractivity contribution in [1.82, 2.24) is 5.32 Å². The summed E-state index contributed by atoms with van der Waals surface area (Å²) < 4.78 is 0. The molecular weight excluding hydrogens is 172 g/mol. The molecule has 0 bridgehead atoms. The van der Waals surface area contributed by atoms with Crippen molar-refractivity contribution in [3.05, 3.63) is 0 Å². The van der Waals surface area contributed by atoms with Gasteiger partial charge in [-0.25, -0.2) is 0 Å². The van der Waals surface area contributed by atoms with E-state index in [4.69, 9.17) is 5.26 Å². The Balaban J connectivity index is 2.31. The second-order valence-electron chi connectivity index (χ2n) is 4.94. The molecule has 80 valence electrons. The van der Waals surface area contributed by atoms with Gasteiger partial charge in [0.2, 0.25) is 0 Å². The number of nitrogens with one attached hydrogen (secondary N) is 1. The molecule has 0 aromatic carbocycles. The Kier molecular flexibility index (Phi) is 4.41. The predicted molar refractivity (Wildman–Crippen MR) is 58.7 cm³/mol. The van der Waals surface area contributed by atoms with E-state index in [9.17, 15) is 0 Å².